The van der Waals surface area contributed by atoms with Crippen molar-refractivity contribution in [3.05, 3.63) is 70.0 Å². The van der Waals surface area contributed by atoms with Crippen LogP contribution in [0.1, 0.15) is 35.8 Å². The fourth-order valence-corrected chi connectivity index (χ4v) is 4.32. The van der Waals surface area contributed by atoms with Crippen molar-refractivity contribution in [3.63, 3.8) is 0 Å². The first-order chi connectivity index (χ1) is 15.3. The number of aromatic carboxylic acids is 1. The van der Waals surface area contributed by atoms with Crippen LogP contribution in [0.2, 0.25) is 0 Å². The minimum Gasteiger partial charge on any atom is -0.477 e. The number of rotatable bonds is 10. The van der Waals surface area contributed by atoms with Gasteiger partial charge >= 0.3 is 5.97 Å². The topological polar surface area (TPSA) is 62.5 Å². The third-order valence-electron chi connectivity index (χ3n) is 5.62. The maximum absolute atomic E-state index is 12.8. The number of carboxylic acids is 1. The van der Waals surface area contributed by atoms with E-state index in [-0.39, 0.29) is 11.6 Å². The summed E-state index contributed by atoms with van der Waals surface area (Å²) < 4.78 is 1.83. The van der Waals surface area contributed by atoms with Crippen molar-refractivity contribution >= 4 is 40.1 Å². The molecule has 0 atom stereocenters. The van der Waals surface area contributed by atoms with E-state index < -0.39 is 11.4 Å². The number of carbonyl (C=O) groups is 1. The van der Waals surface area contributed by atoms with Crippen LogP contribution in [0.15, 0.2) is 53.5 Å². The van der Waals surface area contributed by atoms with Crippen molar-refractivity contribution in [1.82, 2.24) is 9.47 Å². The fourth-order valence-electron chi connectivity index (χ4n) is 3.84. The highest BCUT2D eigenvalue weighted by Crippen LogP contribution is 2.25. The Labute approximate surface area is 198 Å². The van der Waals surface area contributed by atoms with Gasteiger partial charge in [-0.2, -0.15) is 0 Å². The first-order valence-corrected chi connectivity index (χ1v) is 11.8. The fraction of sp³-hybridized carbons (Fsp3) is 0.360. The molecule has 170 valence electrons. The average Bonchev–Trinajstić information content (AvgIpc) is 2.78. The Morgan fingerprint density at radius 2 is 1.62 bits per heavy atom. The molecule has 5 nitrogen and oxygen atoms in total. The van der Waals surface area contributed by atoms with E-state index in [0.717, 1.165) is 42.7 Å². The lowest BCUT2D eigenvalue weighted by Crippen LogP contribution is -2.30. The molecule has 0 radical (unpaired) electrons. The number of carboxylic acid groups (broad SMARTS) is 1. The summed E-state index contributed by atoms with van der Waals surface area (Å²) in [6, 6.07) is 13.9. The molecule has 0 aliphatic heterocycles. The summed E-state index contributed by atoms with van der Waals surface area (Å²) in [6.45, 7) is 6.44. The zero-order chi connectivity index (χ0) is 23.3. The number of aromatic nitrogens is 1. The van der Waals surface area contributed by atoms with Gasteiger partial charge in [0.25, 0.3) is 0 Å². The lowest BCUT2D eigenvalue weighted by molar-refractivity contribution is 0.0694. The van der Waals surface area contributed by atoms with Crippen molar-refractivity contribution in [2.24, 2.45) is 0 Å². The van der Waals surface area contributed by atoms with E-state index in [4.69, 9.17) is 23.2 Å². The van der Waals surface area contributed by atoms with Crippen LogP contribution in [-0.4, -0.2) is 51.9 Å². The normalized spacial score (nSPS) is 11.6. The molecule has 0 fully saturated rings. The van der Waals surface area contributed by atoms with Gasteiger partial charge in [0.2, 0.25) is 5.43 Å². The Hall–Kier alpha value is -2.34. The summed E-state index contributed by atoms with van der Waals surface area (Å²) >= 11 is 11.7. The van der Waals surface area contributed by atoms with E-state index in [2.05, 4.69) is 17.0 Å². The molecule has 3 aromatic rings. The number of benzene rings is 2. The molecule has 3 rings (SSSR count). The van der Waals surface area contributed by atoms with Gasteiger partial charge < -0.3 is 14.6 Å². The predicted octanol–water partition coefficient (Wildman–Crippen LogP) is 5.27. The second kappa shape index (κ2) is 11.0. The molecule has 0 spiro atoms. The zero-order valence-corrected chi connectivity index (χ0v) is 19.9. The van der Waals surface area contributed by atoms with E-state index in [1.54, 1.807) is 6.07 Å². The van der Waals surface area contributed by atoms with Gasteiger partial charge in [-0.05, 0) is 49.1 Å². The van der Waals surface area contributed by atoms with Crippen LogP contribution in [0.25, 0.3) is 22.0 Å². The smallest absolute Gasteiger partial charge is 0.341 e. The van der Waals surface area contributed by atoms with Crippen LogP contribution >= 0.6 is 23.2 Å². The summed E-state index contributed by atoms with van der Waals surface area (Å²) in [6.07, 6.45) is 2.33. The standard InChI is InChI=1S/C25H28Cl2N2O3/c1-17(2)29-16-22(25(31)32)24(30)21-15-20(7-8-23(21)29)19-5-3-18(4-6-19)9-12-28(13-10-26)14-11-27/h3-8,15-17H,9-14H2,1-2H3,(H,31,32). The summed E-state index contributed by atoms with van der Waals surface area (Å²) in [7, 11) is 0. The van der Waals surface area contributed by atoms with Crippen LogP contribution in [-0.2, 0) is 6.42 Å². The minimum absolute atomic E-state index is 0.0264. The lowest BCUT2D eigenvalue weighted by Gasteiger charge is -2.19. The molecule has 7 heteroatoms. The van der Waals surface area contributed by atoms with Gasteiger partial charge in [0.05, 0.1) is 5.52 Å². The SMILES string of the molecule is CC(C)n1cc(C(=O)O)c(=O)c2cc(-c3ccc(CCN(CCCl)CCCl)cc3)ccc21. The number of pyridine rings is 1. The van der Waals surface area contributed by atoms with Crippen LogP contribution < -0.4 is 5.43 Å². The Morgan fingerprint density at radius 1 is 1.00 bits per heavy atom. The molecule has 0 saturated heterocycles. The van der Waals surface area contributed by atoms with E-state index >= 15 is 0 Å². The van der Waals surface area contributed by atoms with Crippen molar-refractivity contribution in [1.29, 1.82) is 0 Å². The molecule has 0 amide bonds. The minimum atomic E-state index is -1.21. The number of hydrogen-bond donors (Lipinski definition) is 1. The predicted molar refractivity (Wildman–Crippen MR) is 133 cm³/mol. The highest BCUT2D eigenvalue weighted by atomic mass is 35.5. The van der Waals surface area contributed by atoms with Crippen LogP contribution in [0, 0.1) is 0 Å². The second-order valence-electron chi connectivity index (χ2n) is 8.08. The molecule has 2 aromatic carbocycles. The highest BCUT2D eigenvalue weighted by molar-refractivity contribution is 6.18. The monoisotopic (exact) mass is 474 g/mol. The summed E-state index contributed by atoms with van der Waals surface area (Å²) in [5.74, 6) is -0.0433. The molecular formula is C25H28Cl2N2O3. The maximum Gasteiger partial charge on any atom is 0.341 e. The Balaban J connectivity index is 1.90. The van der Waals surface area contributed by atoms with Crippen LogP contribution in [0.3, 0.4) is 0 Å². The molecule has 0 aliphatic carbocycles. The van der Waals surface area contributed by atoms with Crippen LogP contribution in [0.5, 0.6) is 0 Å². The van der Waals surface area contributed by atoms with Crippen molar-refractivity contribution in [2.45, 2.75) is 26.3 Å². The van der Waals surface area contributed by atoms with Gasteiger partial charge in [-0.15, -0.1) is 23.2 Å². The number of alkyl halides is 2. The summed E-state index contributed by atoms with van der Waals surface area (Å²) in [4.78, 5) is 26.7. The molecule has 0 saturated carbocycles. The Kier molecular flexibility index (Phi) is 8.35. The van der Waals surface area contributed by atoms with E-state index in [1.165, 1.54) is 11.8 Å². The lowest BCUT2D eigenvalue weighted by atomic mass is 10.00. The van der Waals surface area contributed by atoms with Gasteiger partial charge in [0, 0.05) is 49.0 Å². The van der Waals surface area contributed by atoms with Gasteiger partial charge in [0.1, 0.15) is 5.56 Å². The Bertz CT molecular complexity index is 1130. The van der Waals surface area contributed by atoms with E-state index in [9.17, 15) is 14.7 Å². The molecule has 0 aliphatic rings. The number of nitrogens with zero attached hydrogens (tertiary/aromatic N) is 2. The van der Waals surface area contributed by atoms with E-state index in [1.807, 2.05) is 42.7 Å². The zero-order valence-electron chi connectivity index (χ0n) is 18.4. The molecule has 1 aromatic heterocycles. The van der Waals surface area contributed by atoms with Crippen molar-refractivity contribution < 1.29 is 9.90 Å². The van der Waals surface area contributed by atoms with Crippen LogP contribution in [0.4, 0.5) is 0 Å². The van der Waals surface area contributed by atoms with Gasteiger partial charge in [0.15, 0.2) is 0 Å². The first kappa shape index (κ1) is 24.3. The van der Waals surface area contributed by atoms with Crippen molar-refractivity contribution in [2.75, 3.05) is 31.4 Å². The van der Waals surface area contributed by atoms with Gasteiger partial charge in [-0.1, -0.05) is 30.3 Å². The quantitative estimate of drug-likeness (QED) is 0.406. The first-order valence-electron chi connectivity index (χ1n) is 10.7. The third-order valence-corrected chi connectivity index (χ3v) is 5.96. The highest BCUT2D eigenvalue weighted by Gasteiger charge is 2.16. The summed E-state index contributed by atoms with van der Waals surface area (Å²) in [5.41, 5.74) is 3.13. The number of fused-ring (bicyclic) bond motifs is 1. The number of halogens is 2. The Morgan fingerprint density at radius 3 is 2.19 bits per heavy atom. The van der Waals surface area contributed by atoms with Gasteiger partial charge in [-0.3, -0.25) is 4.79 Å². The summed E-state index contributed by atoms with van der Waals surface area (Å²) in [5, 5.41) is 9.89. The van der Waals surface area contributed by atoms with Gasteiger partial charge in [-0.25, -0.2) is 4.79 Å². The third kappa shape index (κ3) is 5.52. The van der Waals surface area contributed by atoms with E-state index in [0.29, 0.717) is 17.1 Å². The molecule has 0 bridgehead atoms. The van der Waals surface area contributed by atoms with Crippen molar-refractivity contribution in [3.8, 4) is 11.1 Å². The second-order valence-corrected chi connectivity index (χ2v) is 8.83. The molecule has 32 heavy (non-hydrogen) atoms. The molecular weight excluding hydrogens is 447 g/mol. The number of hydrogen-bond acceptors (Lipinski definition) is 3. The molecule has 0 unspecified atom stereocenters. The maximum atomic E-state index is 12.8. The largest absolute Gasteiger partial charge is 0.477 e. The average molecular weight is 475 g/mol. The molecule has 1 heterocycles. The molecule has 1 N–H and O–H groups in total.